The quantitative estimate of drug-likeness (QED) is 0.753. The number of rotatable bonds is 1. The molecular formula is C19H17F3N2O3. The standard InChI is InChI=1S/C19H17F3N2O3/c1-17-4-5-18(27-17)6-7-26-16-14(18)13(17)15(25)24(16)11-3-2-10(9-23)12(8-11)19(20,21)22/h2-3,8,13-14,16H,4-7H2,1H3/t13-,14+,16+,17?,18?/m1/s1. The molecule has 8 heteroatoms. The van der Waals surface area contributed by atoms with E-state index < -0.39 is 40.7 Å². The molecule has 5 rings (SSSR count). The normalized spacial score (nSPS) is 39.6. The molecule has 0 N–H and O–H groups in total. The number of fused-ring (bicyclic) bond motifs is 2. The minimum absolute atomic E-state index is 0.116. The summed E-state index contributed by atoms with van der Waals surface area (Å²) >= 11 is 0. The van der Waals surface area contributed by atoms with E-state index in [1.807, 2.05) is 6.92 Å². The molecular weight excluding hydrogens is 361 g/mol. The van der Waals surface area contributed by atoms with Crippen molar-refractivity contribution in [3.63, 3.8) is 0 Å². The Morgan fingerprint density at radius 3 is 2.78 bits per heavy atom. The summed E-state index contributed by atoms with van der Waals surface area (Å²) in [7, 11) is 0. The minimum atomic E-state index is -4.68. The number of halogens is 3. The van der Waals surface area contributed by atoms with Crippen molar-refractivity contribution in [2.45, 2.75) is 49.8 Å². The van der Waals surface area contributed by atoms with Gasteiger partial charge in [-0.1, -0.05) is 0 Å². The van der Waals surface area contributed by atoms with Crippen molar-refractivity contribution in [3.05, 3.63) is 29.3 Å². The highest BCUT2D eigenvalue weighted by molar-refractivity contribution is 6.00. The van der Waals surface area contributed by atoms with Crippen molar-refractivity contribution in [2.75, 3.05) is 11.5 Å². The molecule has 5 nitrogen and oxygen atoms in total. The van der Waals surface area contributed by atoms with Crippen LogP contribution in [0.4, 0.5) is 18.9 Å². The van der Waals surface area contributed by atoms with E-state index in [0.717, 1.165) is 25.0 Å². The summed E-state index contributed by atoms with van der Waals surface area (Å²) in [6.45, 7) is 2.32. The maximum Gasteiger partial charge on any atom is 0.417 e. The highest BCUT2D eigenvalue weighted by Gasteiger charge is 2.75. The van der Waals surface area contributed by atoms with Crippen molar-refractivity contribution in [3.8, 4) is 6.07 Å². The van der Waals surface area contributed by atoms with Gasteiger partial charge in [0.1, 0.15) is 6.23 Å². The zero-order valence-corrected chi connectivity index (χ0v) is 14.5. The molecule has 1 aromatic rings. The highest BCUT2D eigenvalue weighted by atomic mass is 19.4. The third-order valence-electron chi connectivity index (χ3n) is 6.69. The number of nitriles is 1. The number of carbonyl (C=O) groups is 1. The molecule has 142 valence electrons. The van der Waals surface area contributed by atoms with Crippen LogP contribution in [0.15, 0.2) is 18.2 Å². The van der Waals surface area contributed by atoms with Gasteiger partial charge in [0.25, 0.3) is 0 Å². The summed E-state index contributed by atoms with van der Waals surface area (Å²) in [5, 5.41) is 9.00. The third kappa shape index (κ3) is 2.04. The van der Waals surface area contributed by atoms with Crippen LogP contribution in [0.1, 0.15) is 37.3 Å². The first kappa shape index (κ1) is 17.0. The van der Waals surface area contributed by atoms with E-state index in [2.05, 4.69) is 0 Å². The molecule has 0 radical (unpaired) electrons. The lowest BCUT2D eigenvalue weighted by Crippen LogP contribution is -2.51. The molecule has 4 fully saturated rings. The Morgan fingerprint density at radius 1 is 1.30 bits per heavy atom. The fraction of sp³-hybridized carbons (Fsp3) is 0.579. The van der Waals surface area contributed by atoms with E-state index in [-0.39, 0.29) is 17.5 Å². The van der Waals surface area contributed by atoms with Gasteiger partial charge in [0.15, 0.2) is 0 Å². The highest BCUT2D eigenvalue weighted by Crippen LogP contribution is 2.65. The van der Waals surface area contributed by atoms with Gasteiger partial charge in [-0.15, -0.1) is 0 Å². The van der Waals surface area contributed by atoms with Crippen LogP contribution in [0.25, 0.3) is 0 Å². The maximum absolute atomic E-state index is 13.4. The molecule has 0 aromatic heterocycles. The lowest BCUT2D eigenvalue weighted by atomic mass is 9.66. The van der Waals surface area contributed by atoms with Crippen LogP contribution in [0, 0.1) is 23.2 Å². The molecule has 4 saturated heterocycles. The van der Waals surface area contributed by atoms with Gasteiger partial charge in [0, 0.05) is 18.0 Å². The molecule has 4 aliphatic heterocycles. The summed E-state index contributed by atoms with van der Waals surface area (Å²) in [4.78, 5) is 14.6. The van der Waals surface area contributed by atoms with Crippen LogP contribution < -0.4 is 4.90 Å². The smallest absolute Gasteiger partial charge is 0.367 e. The lowest BCUT2D eigenvalue weighted by Gasteiger charge is -2.41. The Labute approximate surface area is 153 Å². The van der Waals surface area contributed by atoms with Gasteiger partial charge in [-0.25, -0.2) is 0 Å². The average molecular weight is 378 g/mol. The van der Waals surface area contributed by atoms with Gasteiger partial charge in [0.05, 0.1) is 40.9 Å². The van der Waals surface area contributed by atoms with Crippen LogP contribution in [0.5, 0.6) is 0 Å². The fourth-order valence-electron chi connectivity index (χ4n) is 5.60. The summed E-state index contributed by atoms with van der Waals surface area (Å²) in [6, 6.07) is 4.96. The molecule has 0 aliphatic carbocycles. The molecule has 2 unspecified atom stereocenters. The lowest BCUT2D eigenvalue weighted by molar-refractivity contribution is -0.140. The monoisotopic (exact) mass is 378 g/mol. The van der Waals surface area contributed by atoms with Gasteiger partial charge >= 0.3 is 6.18 Å². The number of nitrogens with zero attached hydrogens (tertiary/aromatic N) is 2. The molecule has 4 heterocycles. The number of anilines is 1. The van der Waals surface area contributed by atoms with Crippen molar-refractivity contribution in [1.82, 2.24) is 0 Å². The first-order valence-electron chi connectivity index (χ1n) is 8.96. The first-order chi connectivity index (χ1) is 12.7. The van der Waals surface area contributed by atoms with Gasteiger partial charge in [-0.2, -0.15) is 18.4 Å². The second-order valence-corrected chi connectivity index (χ2v) is 8.04. The molecule has 1 amide bonds. The molecule has 0 saturated carbocycles. The second kappa shape index (κ2) is 5.03. The number of hydrogen-bond acceptors (Lipinski definition) is 4. The first-order valence-corrected chi connectivity index (χ1v) is 8.96. The molecule has 1 aromatic carbocycles. The molecule has 5 atom stereocenters. The van der Waals surface area contributed by atoms with E-state index >= 15 is 0 Å². The molecule has 2 bridgehead atoms. The van der Waals surface area contributed by atoms with Crippen molar-refractivity contribution in [2.24, 2.45) is 11.8 Å². The van der Waals surface area contributed by atoms with Gasteiger partial charge in [-0.3, -0.25) is 9.69 Å². The van der Waals surface area contributed by atoms with E-state index in [1.54, 1.807) is 6.07 Å². The Morgan fingerprint density at radius 2 is 2.07 bits per heavy atom. The number of hydrogen-bond donors (Lipinski definition) is 0. The van der Waals surface area contributed by atoms with Crippen LogP contribution in [-0.4, -0.2) is 29.9 Å². The minimum Gasteiger partial charge on any atom is -0.367 e. The Hall–Kier alpha value is -2.11. The van der Waals surface area contributed by atoms with E-state index in [0.29, 0.717) is 13.0 Å². The topological polar surface area (TPSA) is 62.6 Å². The maximum atomic E-state index is 13.4. The molecule has 1 spiro atoms. The third-order valence-corrected chi connectivity index (χ3v) is 6.69. The molecule has 4 aliphatic rings. The van der Waals surface area contributed by atoms with E-state index in [9.17, 15) is 18.0 Å². The van der Waals surface area contributed by atoms with Crippen LogP contribution in [-0.2, 0) is 20.4 Å². The Kier molecular flexibility index (Phi) is 3.17. The van der Waals surface area contributed by atoms with Gasteiger partial charge in [-0.05, 0) is 38.0 Å². The van der Waals surface area contributed by atoms with Crippen LogP contribution in [0.2, 0.25) is 0 Å². The summed E-state index contributed by atoms with van der Waals surface area (Å²) in [5.41, 5.74) is -2.41. The van der Waals surface area contributed by atoms with Crippen molar-refractivity contribution < 1.29 is 27.4 Å². The van der Waals surface area contributed by atoms with Crippen molar-refractivity contribution >= 4 is 11.6 Å². The number of benzene rings is 1. The van der Waals surface area contributed by atoms with Crippen molar-refractivity contribution in [1.29, 1.82) is 5.26 Å². The SMILES string of the molecule is CC12CCC3(CCO[C@H]4[C@@H]3[C@@H]1C(=O)N4c1ccc(C#N)c(C(F)(F)F)c1)O2. The summed E-state index contributed by atoms with van der Waals surface area (Å²) < 4.78 is 52.3. The Balaban J connectivity index is 1.62. The largest absolute Gasteiger partial charge is 0.417 e. The summed E-state index contributed by atoms with van der Waals surface area (Å²) in [6.07, 6.45) is -3.01. The Bertz CT molecular complexity index is 891. The van der Waals surface area contributed by atoms with E-state index in [1.165, 1.54) is 11.0 Å². The van der Waals surface area contributed by atoms with E-state index in [4.69, 9.17) is 14.7 Å². The number of ether oxygens (including phenoxy) is 2. The predicted octanol–water partition coefficient (Wildman–Crippen LogP) is 3.22. The average Bonchev–Trinajstić information content (AvgIpc) is 3.20. The van der Waals surface area contributed by atoms with Crippen LogP contribution >= 0.6 is 0 Å². The second-order valence-electron chi connectivity index (χ2n) is 8.04. The zero-order chi connectivity index (χ0) is 19.2. The van der Waals surface area contributed by atoms with Gasteiger partial charge < -0.3 is 9.47 Å². The van der Waals surface area contributed by atoms with Gasteiger partial charge in [0.2, 0.25) is 5.91 Å². The number of amides is 1. The summed E-state index contributed by atoms with van der Waals surface area (Å²) in [5.74, 6) is -0.849. The fourth-order valence-corrected chi connectivity index (χ4v) is 5.60. The molecule has 27 heavy (non-hydrogen) atoms. The number of alkyl halides is 3. The predicted molar refractivity (Wildman–Crippen MR) is 86.4 cm³/mol. The zero-order valence-electron chi connectivity index (χ0n) is 14.5. The van der Waals surface area contributed by atoms with Crippen LogP contribution in [0.3, 0.4) is 0 Å². The number of carbonyl (C=O) groups excluding carboxylic acids is 1.